The average molecular weight is 379 g/mol. The molecule has 26 heavy (non-hydrogen) atoms. The molecule has 0 saturated heterocycles. The summed E-state index contributed by atoms with van der Waals surface area (Å²) in [6.07, 6.45) is 0. The average Bonchev–Trinajstić information content (AvgIpc) is 2.98. The highest BCUT2D eigenvalue weighted by molar-refractivity contribution is 7.99. The molecule has 142 valence electrons. The lowest BCUT2D eigenvalue weighted by Gasteiger charge is -2.10. The van der Waals surface area contributed by atoms with Gasteiger partial charge in [0.1, 0.15) is 11.5 Å². The van der Waals surface area contributed by atoms with Crippen molar-refractivity contribution in [1.82, 2.24) is 25.0 Å². The first-order valence-electron chi connectivity index (χ1n) is 8.11. The number of nitrogens with one attached hydrogen (secondary N) is 1. The zero-order valence-corrected chi connectivity index (χ0v) is 16.6. The van der Waals surface area contributed by atoms with Gasteiger partial charge < -0.3 is 24.3 Å². The van der Waals surface area contributed by atoms with Gasteiger partial charge in [-0.3, -0.25) is 4.79 Å². The lowest BCUT2D eigenvalue weighted by atomic mass is 10.2. The molecule has 0 radical (unpaired) electrons. The van der Waals surface area contributed by atoms with Crippen molar-refractivity contribution in [3.8, 4) is 11.5 Å². The zero-order chi connectivity index (χ0) is 19.1. The van der Waals surface area contributed by atoms with Crippen molar-refractivity contribution in [3.63, 3.8) is 0 Å². The van der Waals surface area contributed by atoms with Crippen LogP contribution in [0.4, 0.5) is 0 Å². The molecule has 0 spiro atoms. The Morgan fingerprint density at radius 3 is 2.42 bits per heavy atom. The molecule has 0 fully saturated rings. The highest BCUT2D eigenvalue weighted by Gasteiger charge is 2.13. The number of hydrogen-bond acceptors (Lipinski definition) is 7. The van der Waals surface area contributed by atoms with E-state index in [1.54, 1.807) is 44.2 Å². The monoisotopic (exact) mass is 379 g/mol. The van der Waals surface area contributed by atoms with E-state index >= 15 is 0 Å². The predicted octanol–water partition coefficient (Wildman–Crippen LogP) is 1.42. The van der Waals surface area contributed by atoms with Crippen molar-refractivity contribution in [3.05, 3.63) is 29.6 Å². The number of benzene rings is 1. The summed E-state index contributed by atoms with van der Waals surface area (Å²) >= 11 is 1.64. The van der Waals surface area contributed by atoms with E-state index in [0.717, 1.165) is 17.5 Å². The quantitative estimate of drug-likeness (QED) is 0.660. The predicted molar refractivity (Wildman–Crippen MR) is 101 cm³/mol. The van der Waals surface area contributed by atoms with Gasteiger partial charge >= 0.3 is 0 Å². The smallest absolute Gasteiger partial charge is 0.251 e. The van der Waals surface area contributed by atoms with Crippen molar-refractivity contribution < 1.29 is 14.3 Å². The largest absolute Gasteiger partial charge is 0.497 e. The first-order valence-corrected chi connectivity index (χ1v) is 9.10. The number of rotatable bonds is 9. The summed E-state index contributed by atoms with van der Waals surface area (Å²) in [6.45, 7) is 1.25. The van der Waals surface area contributed by atoms with Crippen molar-refractivity contribution in [2.75, 3.05) is 40.6 Å². The molecule has 1 heterocycles. The van der Waals surface area contributed by atoms with Gasteiger partial charge in [0.2, 0.25) is 0 Å². The van der Waals surface area contributed by atoms with E-state index in [9.17, 15) is 4.79 Å². The summed E-state index contributed by atoms with van der Waals surface area (Å²) in [5.41, 5.74) is 0.462. The minimum atomic E-state index is -0.230. The fourth-order valence-corrected chi connectivity index (χ4v) is 3.18. The van der Waals surface area contributed by atoms with E-state index in [1.165, 1.54) is 0 Å². The minimum absolute atomic E-state index is 0.230. The Morgan fingerprint density at radius 2 is 1.85 bits per heavy atom. The molecule has 8 nitrogen and oxygen atoms in total. The molecule has 0 bridgehead atoms. The summed E-state index contributed by atoms with van der Waals surface area (Å²) in [5, 5.41) is 12.0. The highest BCUT2D eigenvalue weighted by atomic mass is 32.2. The maximum Gasteiger partial charge on any atom is 0.251 e. The fourth-order valence-electron chi connectivity index (χ4n) is 2.14. The molecular weight excluding hydrogens is 354 g/mol. The second kappa shape index (κ2) is 9.44. The number of carbonyl (C=O) groups is 1. The minimum Gasteiger partial charge on any atom is -0.497 e. The Hall–Kier alpha value is -2.26. The molecule has 1 aromatic heterocycles. The molecule has 0 unspecified atom stereocenters. The maximum absolute atomic E-state index is 12.4. The molecule has 1 amide bonds. The highest BCUT2D eigenvalue weighted by Crippen LogP contribution is 2.22. The van der Waals surface area contributed by atoms with Gasteiger partial charge in [0.05, 0.1) is 20.8 Å². The normalized spacial score (nSPS) is 10.8. The van der Waals surface area contributed by atoms with Crippen LogP contribution in [0.15, 0.2) is 23.4 Å². The summed E-state index contributed by atoms with van der Waals surface area (Å²) in [5.74, 6) is 2.52. The van der Waals surface area contributed by atoms with Crippen molar-refractivity contribution in [2.24, 2.45) is 7.05 Å². The van der Waals surface area contributed by atoms with E-state index in [4.69, 9.17) is 9.47 Å². The van der Waals surface area contributed by atoms with E-state index in [-0.39, 0.29) is 12.5 Å². The number of ether oxygens (including phenoxy) is 2. The van der Waals surface area contributed by atoms with Crippen LogP contribution in [-0.2, 0) is 13.6 Å². The number of hydrogen-bond donors (Lipinski definition) is 1. The molecular formula is C17H25N5O3S. The molecule has 2 aromatic rings. The second-order valence-corrected chi connectivity index (χ2v) is 6.96. The molecule has 0 aliphatic heterocycles. The van der Waals surface area contributed by atoms with Gasteiger partial charge in [0.25, 0.3) is 5.91 Å². The molecule has 0 aliphatic carbocycles. The maximum atomic E-state index is 12.4. The van der Waals surface area contributed by atoms with Crippen LogP contribution >= 0.6 is 11.8 Å². The third kappa shape index (κ3) is 5.37. The van der Waals surface area contributed by atoms with Crippen LogP contribution in [-0.4, -0.2) is 66.2 Å². The summed E-state index contributed by atoms with van der Waals surface area (Å²) < 4.78 is 12.3. The van der Waals surface area contributed by atoms with Gasteiger partial charge in [-0.1, -0.05) is 11.8 Å². The van der Waals surface area contributed by atoms with Crippen LogP contribution in [0.25, 0.3) is 0 Å². The van der Waals surface area contributed by atoms with Gasteiger partial charge in [0, 0.05) is 31.0 Å². The Morgan fingerprint density at radius 1 is 1.19 bits per heavy atom. The number of amides is 1. The fraction of sp³-hybridized carbons (Fsp3) is 0.471. The number of aromatic nitrogens is 3. The first kappa shape index (κ1) is 20.1. The molecule has 9 heteroatoms. The Labute approximate surface area is 157 Å². The van der Waals surface area contributed by atoms with Crippen LogP contribution in [0.1, 0.15) is 16.2 Å². The summed E-state index contributed by atoms with van der Waals surface area (Å²) in [6, 6.07) is 5.05. The van der Waals surface area contributed by atoms with Gasteiger partial charge in [-0.25, -0.2) is 0 Å². The summed E-state index contributed by atoms with van der Waals surface area (Å²) in [7, 11) is 9.06. The molecule has 1 aromatic carbocycles. The van der Waals surface area contributed by atoms with Crippen LogP contribution in [0.2, 0.25) is 0 Å². The van der Waals surface area contributed by atoms with Crippen molar-refractivity contribution in [2.45, 2.75) is 11.7 Å². The molecule has 0 atom stereocenters. The van der Waals surface area contributed by atoms with Crippen LogP contribution in [0.3, 0.4) is 0 Å². The third-order valence-corrected chi connectivity index (χ3v) is 4.72. The van der Waals surface area contributed by atoms with Crippen molar-refractivity contribution >= 4 is 17.7 Å². The number of nitrogens with zero attached hydrogens (tertiary/aromatic N) is 4. The first-order chi connectivity index (χ1) is 12.4. The zero-order valence-electron chi connectivity index (χ0n) is 15.8. The second-order valence-electron chi connectivity index (χ2n) is 5.89. The molecule has 0 aliphatic rings. The Bertz CT molecular complexity index is 726. The van der Waals surface area contributed by atoms with Crippen LogP contribution < -0.4 is 14.8 Å². The molecule has 2 rings (SSSR count). The Kier molecular flexibility index (Phi) is 7.28. The van der Waals surface area contributed by atoms with Crippen LogP contribution in [0.5, 0.6) is 11.5 Å². The standard InChI is InChI=1S/C17H25N5O3S/c1-21(2)6-7-26-17-20-19-15(22(17)3)11-18-16(23)12-8-13(24-4)10-14(9-12)25-5/h8-10H,6-7,11H2,1-5H3,(H,18,23). The number of thioether (sulfide) groups is 1. The Balaban J connectivity index is 1.98. The van der Waals surface area contributed by atoms with Gasteiger partial charge in [0.15, 0.2) is 11.0 Å². The van der Waals surface area contributed by atoms with Gasteiger partial charge in [-0.05, 0) is 26.2 Å². The van der Waals surface area contributed by atoms with Crippen molar-refractivity contribution in [1.29, 1.82) is 0 Å². The van der Waals surface area contributed by atoms with E-state index in [0.29, 0.717) is 22.9 Å². The van der Waals surface area contributed by atoms with Gasteiger partial charge in [-0.15, -0.1) is 10.2 Å². The van der Waals surface area contributed by atoms with E-state index < -0.39 is 0 Å². The SMILES string of the molecule is COc1cc(OC)cc(C(=O)NCc2nnc(SCCN(C)C)n2C)c1. The summed E-state index contributed by atoms with van der Waals surface area (Å²) in [4.78, 5) is 14.5. The number of methoxy groups -OCH3 is 2. The van der Waals surface area contributed by atoms with Crippen LogP contribution in [0, 0.1) is 0 Å². The van der Waals surface area contributed by atoms with E-state index in [2.05, 4.69) is 20.4 Å². The third-order valence-electron chi connectivity index (χ3n) is 3.72. The topological polar surface area (TPSA) is 81.5 Å². The number of carbonyl (C=O) groups excluding carboxylic acids is 1. The van der Waals surface area contributed by atoms with E-state index in [1.807, 2.05) is 25.7 Å². The lowest BCUT2D eigenvalue weighted by Crippen LogP contribution is -2.24. The molecule has 0 saturated carbocycles. The lowest BCUT2D eigenvalue weighted by molar-refractivity contribution is 0.0949. The molecule has 1 N–H and O–H groups in total. The van der Waals surface area contributed by atoms with Gasteiger partial charge in [-0.2, -0.15) is 0 Å².